The maximum absolute atomic E-state index is 12.1. The molecule has 2 rings (SSSR count). The number of piperidine rings is 1. The first-order valence-electron chi connectivity index (χ1n) is 8.07. The lowest BCUT2D eigenvalue weighted by Crippen LogP contribution is -2.56. The number of hydrogen-bond acceptors (Lipinski definition) is 5. The third kappa shape index (κ3) is 4.64. The van der Waals surface area contributed by atoms with Crippen molar-refractivity contribution in [2.45, 2.75) is 31.3 Å². The highest BCUT2D eigenvalue weighted by atomic mass is 16.5. The molecule has 0 spiro atoms. The number of hydrogen-bond donors (Lipinski definition) is 1. The fourth-order valence-corrected chi connectivity index (χ4v) is 3.31. The van der Waals surface area contributed by atoms with Crippen molar-refractivity contribution in [2.24, 2.45) is 5.73 Å². The molecule has 0 bridgehead atoms. The minimum atomic E-state index is -0.522. The van der Waals surface area contributed by atoms with Gasteiger partial charge in [0.15, 0.2) is 0 Å². The van der Waals surface area contributed by atoms with Gasteiger partial charge in [-0.3, -0.25) is 9.69 Å². The van der Waals surface area contributed by atoms with E-state index < -0.39 is 6.04 Å². The van der Waals surface area contributed by atoms with Crippen LogP contribution in [0.2, 0.25) is 0 Å². The number of nitrogens with zero attached hydrogens (tertiary/aromatic N) is 3. The fraction of sp³-hybridized carbons (Fsp3) is 0.933. The molecular weight excluding hydrogens is 268 g/mol. The Morgan fingerprint density at radius 1 is 1.24 bits per heavy atom. The summed E-state index contributed by atoms with van der Waals surface area (Å²) < 4.78 is 4.96. The molecule has 2 aliphatic rings. The summed E-state index contributed by atoms with van der Waals surface area (Å²) >= 11 is 0. The predicted octanol–water partition coefficient (Wildman–Crippen LogP) is -0.411. The summed E-state index contributed by atoms with van der Waals surface area (Å²) in [6, 6.07) is 0.155. The van der Waals surface area contributed by atoms with Crippen molar-refractivity contribution in [1.82, 2.24) is 14.7 Å². The Balaban J connectivity index is 1.74. The van der Waals surface area contributed by atoms with Crippen LogP contribution in [0.25, 0.3) is 0 Å². The molecule has 6 heteroatoms. The van der Waals surface area contributed by atoms with Crippen LogP contribution in [-0.2, 0) is 9.53 Å². The quantitative estimate of drug-likeness (QED) is 0.747. The Morgan fingerprint density at radius 3 is 2.57 bits per heavy atom. The molecule has 2 heterocycles. The fourth-order valence-electron chi connectivity index (χ4n) is 3.31. The third-order valence-electron chi connectivity index (χ3n) is 4.74. The van der Waals surface area contributed by atoms with E-state index >= 15 is 0 Å². The van der Waals surface area contributed by atoms with Crippen LogP contribution in [0.5, 0.6) is 0 Å². The van der Waals surface area contributed by atoms with Crippen LogP contribution in [0.15, 0.2) is 0 Å². The zero-order valence-electron chi connectivity index (χ0n) is 13.5. The number of amides is 1. The van der Waals surface area contributed by atoms with Crippen LogP contribution in [-0.4, -0.2) is 92.7 Å². The molecule has 122 valence electrons. The topological polar surface area (TPSA) is 62.0 Å². The lowest BCUT2D eigenvalue weighted by atomic mass is 10.0. The smallest absolute Gasteiger partial charge is 0.241 e. The second-order valence-electron chi connectivity index (χ2n) is 6.32. The molecular formula is C15H30N4O2. The molecule has 0 radical (unpaired) electrons. The molecule has 0 saturated carbocycles. The molecule has 0 aromatic heterocycles. The number of likely N-dealkylation sites (N-methyl/N-ethyl adjacent to an activating group) is 1. The van der Waals surface area contributed by atoms with Gasteiger partial charge in [-0.1, -0.05) is 6.42 Å². The highest BCUT2D eigenvalue weighted by Gasteiger charge is 2.27. The van der Waals surface area contributed by atoms with E-state index in [0.717, 1.165) is 32.7 Å². The molecule has 21 heavy (non-hydrogen) atoms. The number of piperazine rings is 1. The number of likely N-dealkylation sites (tertiary alicyclic amines) is 1. The van der Waals surface area contributed by atoms with Gasteiger partial charge in [-0.15, -0.1) is 0 Å². The average molecular weight is 298 g/mol. The van der Waals surface area contributed by atoms with Crippen LogP contribution in [0.4, 0.5) is 0 Å². The van der Waals surface area contributed by atoms with Gasteiger partial charge in [0.1, 0.15) is 6.04 Å². The minimum Gasteiger partial charge on any atom is -0.383 e. The Bertz CT molecular complexity index is 332. The second kappa shape index (κ2) is 8.08. The Morgan fingerprint density at radius 2 is 1.95 bits per heavy atom. The van der Waals surface area contributed by atoms with Gasteiger partial charge in [0.05, 0.1) is 6.61 Å². The van der Waals surface area contributed by atoms with Crippen molar-refractivity contribution in [2.75, 3.05) is 60.0 Å². The predicted molar refractivity (Wildman–Crippen MR) is 83.1 cm³/mol. The van der Waals surface area contributed by atoms with E-state index in [4.69, 9.17) is 10.5 Å². The van der Waals surface area contributed by atoms with Gasteiger partial charge >= 0.3 is 0 Å². The molecule has 6 nitrogen and oxygen atoms in total. The van der Waals surface area contributed by atoms with Gasteiger partial charge in [0.2, 0.25) is 5.91 Å². The van der Waals surface area contributed by atoms with Gasteiger partial charge in [-0.2, -0.15) is 0 Å². The van der Waals surface area contributed by atoms with Crippen LogP contribution >= 0.6 is 0 Å². The van der Waals surface area contributed by atoms with E-state index in [9.17, 15) is 4.79 Å². The van der Waals surface area contributed by atoms with Gasteiger partial charge < -0.3 is 20.3 Å². The van der Waals surface area contributed by atoms with Crippen LogP contribution in [0, 0.1) is 0 Å². The number of carbonyl (C=O) groups is 1. The highest BCUT2D eigenvalue weighted by molar-refractivity contribution is 5.81. The Labute approximate surface area is 128 Å². The monoisotopic (exact) mass is 298 g/mol. The Kier molecular flexibility index (Phi) is 6.41. The molecule has 1 amide bonds. The van der Waals surface area contributed by atoms with E-state index in [1.165, 1.54) is 25.8 Å². The number of carbonyl (C=O) groups excluding carboxylic acids is 1. The van der Waals surface area contributed by atoms with Crippen molar-refractivity contribution < 1.29 is 9.53 Å². The molecule has 2 saturated heterocycles. The molecule has 2 aliphatic heterocycles. The van der Waals surface area contributed by atoms with Crippen molar-refractivity contribution in [1.29, 1.82) is 0 Å². The molecule has 2 unspecified atom stereocenters. The first-order chi connectivity index (χ1) is 10.1. The first-order valence-corrected chi connectivity index (χ1v) is 8.07. The Hall–Kier alpha value is -0.690. The van der Waals surface area contributed by atoms with Gasteiger partial charge in [0.25, 0.3) is 0 Å². The molecule has 2 N–H and O–H groups in total. The lowest BCUT2D eigenvalue weighted by molar-refractivity contribution is -0.135. The summed E-state index contributed by atoms with van der Waals surface area (Å²) in [6.07, 6.45) is 3.97. The SMILES string of the molecule is COCC(N)C(=O)N1CCN(CC2CCCCN2C)CC1. The van der Waals surface area contributed by atoms with E-state index in [0.29, 0.717) is 12.6 Å². The van der Waals surface area contributed by atoms with Gasteiger partial charge in [-0.25, -0.2) is 0 Å². The van der Waals surface area contributed by atoms with E-state index in [1.807, 2.05) is 4.90 Å². The van der Waals surface area contributed by atoms with Crippen molar-refractivity contribution in [3.63, 3.8) is 0 Å². The van der Waals surface area contributed by atoms with Crippen molar-refractivity contribution in [3.8, 4) is 0 Å². The molecule has 2 atom stereocenters. The van der Waals surface area contributed by atoms with E-state index in [2.05, 4.69) is 16.8 Å². The number of ether oxygens (including phenoxy) is 1. The number of rotatable bonds is 5. The zero-order chi connectivity index (χ0) is 15.2. The molecule has 2 fully saturated rings. The average Bonchev–Trinajstić information content (AvgIpc) is 2.50. The van der Waals surface area contributed by atoms with Crippen LogP contribution < -0.4 is 5.73 Å². The maximum atomic E-state index is 12.1. The second-order valence-corrected chi connectivity index (χ2v) is 6.32. The van der Waals surface area contributed by atoms with Gasteiger partial charge in [-0.05, 0) is 26.4 Å². The largest absolute Gasteiger partial charge is 0.383 e. The zero-order valence-corrected chi connectivity index (χ0v) is 13.5. The summed E-state index contributed by atoms with van der Waals surface area (Å²) in [5, 5.41) is 0. The lowest BCUT2D eigenvalue weighted by Gasteiger charge is -2.40. The number of nitrogens with two attached hydrogens (primary N) is 1. The van der Waals surface area contributed by atoms with E-state index in [1.54, 1.807) is 7.11 Å². The van der Waals surface area contributed by atoms with Gasteiger partial charge in [0, 0.05) is 45.9 Å². The molecule has 0 aliphatic carbocycles. The maximum Gasteiger partial charge on any atom is 0.241 e. The first kappa shape index (κ1) is 16.7. The summed E-state index contributed by atoms with van der Waals surface area (Å²) in [7, 11) is 3.80. The highest BCUT2D eigenvalue weighted by Crippen LogP contribution is 2.17. The third-order valence-corrected chi connectivity index (χ3v) is 4.74. The van der Waals surface area contributed by atoms with E-state index in [-0.39, 0.29) is 5.91 Å². The minimum absolute atomic E-state index is 0.0197. The molecule has 0 aromatic rings. The summed E-state index contributed by atoms with van der Waals surface area (Å²) in [5.74, 6) is 0.0197. The number of methoxy groups -OCH3 is 1. The molecule has 0 aromatic carbocycles. The standard InChI is InChI=1S/C15H30N4O2/c1-17-6-4-3-5-13(17)11-18-7-9-19(10-8-18)15(20)14(16)12-21-2/h13-14H,3-12,16H2,1-2H3. The van der Waals surface area contributed by atoms with Crippen molar-refractivity contribution >= 4 is 5.91 Å². The van der Waals surface area contributed by atoms with Crippen LogP contribution in [0.1, 0.15) is 19.3 Å². The van der Waals surface area contributed by atoms with Crippen molar-refractivity contribution in [3.05, 3.63) is 0 Å². The van der Waals surface area contributed by atoms with Crippen LogP contribution in [0.3, 0.4) is 0 Å². The summed E-state index contributed by atoms with van der Waals surface area (Å²) in [4.78, 5) is 19.0. The summed E-state index contributed by atoms with van der Waals surface area (Å²) in [6.45, 7) is 6.12. The summed E-state index contributed by atoms with van der Waals surface area (Å²) in [5.41, 5.74) is 5.82. The normalized spacial score (nSPS) is 26.8.